The van der Waals surface area contributed by atoms with Crippen molar-refractivity contribution in [2.75, 3.05) is 13.1 Å². The molecule has 0 aromatic heterocycles. The number of carboxylic acids is 1. The highest BCUT2D eigenvalue weighted by molar-refractivity contribution is 5.74. The van der Waals surface area contributed by atoms with Crippen LogP contribution in [0.3, 0.4) is 0 Å². The van der Waals surface area contributed by atoms with E-state index in [4.69, 9.17) is 0 Å². The maximum Gasteiger partial charge on any atom is 0.321 e. The summed E-state index contributed by atoms with van der Waals surface area (Å²) in [5.74, 6) is 0.0363. The SMILES string of the molecule is O=C(O)C1C2CCCC2CN1CC(O)c1ccccc1. The van der Waals surface area contributed by atoms with Gasteiger partial charge in [-0.2, -0.15) is 0 Å². The Morgan fingerprint density at radius 2 is 2.05 bits per heavy atom. The van der Waals surface area contributed by atoms with Gasteiger partial charge in [-0.05, 0) is 30.2 Å². The van der Waals surface area contributed by atoms with Crippen LogP contribution in [0.4, 0.5) is 0 Å². The first kappa shape index (κ1) is 13.6. The molecule has 20 heavy (non-hydrogen) atoms. The third-order valence-corrected chi connectivity index (χ3v) is 4.83. The van der Waals surface area contributed by atoms with Crippen molar-refractivity contribution in [2.24, 2.45) is 11.8 Å². The molecule has 4 unspecified atom stereocenters. The quantitative estimate of drug-likeness (QED) is 0.881. The van der Waals surface area contributed by atoms with E-state index in [1.54, 1.807) is 0 Å². The Labute approximate surface area is 119 Å². The van der Waals surface area contributed by atoms with E-state index >= 15 is 0 Å². The van der Waals surface area contributed by atoms with Gasteiger partial charge in [0.05, 0.1) is 6.10 Å². The summed E-state index contributed by atoms with van der Waals surface area (Å²) in [6.07, 6.45) is 2.68. The zero-order valence-corrected chi connectivity index (χ0v) is 11.5. The normalized spacial score (nSPS) is 31.1. The van der Waals surface area contributed by atoms with Crippen LogP contribution in [0.25, 0.3) is 0 Å². The molecule has 0 spiro atoms. The molecule has 2 aliphatic rings. The minimum Gasteiger partial charge on any atom is -0.480 e. The Morgan fingerprint density at radius 3 is 2.75 bits per heavy atom. The zero-order valence-electron chi connectivity index (χ0n) is 11.5. The van der Waals surface area contributed by atoms with E-state index in [0.717, 1.165) is 31.4 Å². The number of aliphatic carboxylic acids is 1. The van der Waals surface area contributed by atoms with E-state index in [9.17, 15) is 15.0 Å². The predicted molar refractivity (Wildman–Crippen MR) is 75.2 cm³/mol. The molecule has 0 bridgehead atoms. The van der Waals surface area contributed by atoms with Crippen molar-refractivity contribution in [1.29, 1.82) is 0 Å². The van der Waals surface area contributed by atoms with Gasteiger partial charge in [-0.1, -0.05) is 36.8 Å². The van der Waals surface area contributed by atoms with Crippen molar-refractivity contribution in [3.63, 3.8) is 0 Å². The first-order valence-corrected chi connectivity index (χ1v) is 7.36. The number of aliphatic hydroxyl groups is 1. The Morgan fingerprint density at radius 1 is 1.30 bits per heavy atom. The molecule has 108 valence electrons. The molecule has 1 saturated carbocycles. The summed E-state index contributed by atoms with van der Waals surface area (Å²) in [7, 11) is 0. The van der Waals surface area contributed by atoms with Gasteiger partial charge in [-0.25, -0.2) is 0 Å². The number of fused-ring (bicyclic) bond motifs is 1. The van der Waals surface area contributed by atoms with Crippen LogP contribution in [0.5, 0.6) is 0 Å². The van der Waals surface area contributed by atoms with Crippen LogP contribution in [0.2, 0.25) is 0 Å². The highest BCUT2D eigenvalue weighted by Gasteiger charge is 2.47. The van der Waals surface area contributed by atoms with Gasteiger partial charge in [0, 0.05) is 13.1 Å². The minimum atomic E-state index is -0.736. The Balaban J connectivity index is 1.72. The molecule has 4 nitrogen and oxygen atoms in total. The lowest BCUT2D eigenvalue weighted by Crippen LogP contribution is -2.41. The van der Waals surface area contributed by atoms with Gasteiger partial charge in [0.1, 0.15) is 6.04 Å². The van der Waals surface area contributed by atoms with Gasteiger partial charge in [-0.15, -0.1) is 0 Å². The standard InChI is InChI=1S/C16H21NO3/c18-14(11-5-2-1-3-6-11)10-17-9-12-7-4-8-13(12)15(17)16(19)20/h1-3,5-6,12-15,18H,4,7-10H2,(H,19,20). The summed E-state index contributed by atoms with van der Waals surface area (Å²) in [6, 6.07) is 9.06. The molecule has 4 heteroatoms. The van der Waals surface area contributed by atoms with Crippen molar-refractivity contribution < 1.29 is 15.0 Å². The summed E-state index contributed by atoms with van der Waals surface area (Å²) in [4.78, 5) is 13.5. The summed E-state index contributed by atoms with van der Waals surface area (Å²) in [5, 5.41) is 19.8. The molecule has 1 aromatic carbocycles. The Hall–Kier alpha value is -1.39. The fraction of sp³-hybridized carbons (Fsp3) is 0.562. The van der Waals surface area contributed by atoms with Crippen LogP contribution in [0.15, 0.2) is 30.3 Å². The van der Waals surface area contributed by atoms with Crippen molar-refractivity contribution in [2.45, 2.75) is 31.4 Å². The van der Waals surface area contributed by atoms with Crippen molar-refractivity contribution in [1.82, 2.24) is 4.90 Å². The fourth-order valence-corrected chi connectivity index (χ4v) is 3.92. The van der Waals surface area contributed by atoms with Crippen LogP contribution in [-0.4, -0.2) is 40.2 Å². The highest BCUT2D eigenvalue weighted by Crippen LogP contribution is 2.42. The van der Waals surface area contributed by atoms with E-state index < -0.39 is 18.1 Å². The van der Waals surface area contributed by atoms with Crippen molar-refractivity contribution in [3.05, 3.63) is 35.9 Å². The monoisotopic (exact) mass is 275 g/mol. The second kappa shape index (κ2) is 5.54. The average molecular weight is 275 g/mol. The second-order valence-electron chi connectivity index (χ2n) is 6.02. The van der Waals surface area contributed by atoms with E-state index in [-0.39, 0.29) is 5.92 Å². The molecule has 1 heterocycles. The number of benzene rings is 1. The number of carbonyl (C=O) groups is 1. The molecule has 2 N–H and O–H groups in total. The van der Waals surface area contributed by atoms with Gasteiger partial charge in [-0.3, -0.25) is 9.69 Å². The minimum absolute atomic E-state index is 0.274. The van der Waals surface area contributed by atoms with E-state index in [0.29, 0.717) is 12.5 Å². The Kier molecular flexibility index (Phi) is 3.76. The summed E-state index contributed by atoms with van der Waals surface area (Å²) >= 11 is 0. The molecule has 1 aromatic rings. The fourth-order valence-electron chi connectivity index (χ4n) is 3.92. The maximum absolute atomic E-state index is 11.5. The van der Waals surface area contributed by atoms with Gasteiger partial charge in [0.15, 0.2) is 0 Å². The van der Waals surface area contributed by atoms with E-state index in [2.05, 4.69) is 0 Å². The largest absolute Gasteiger partial charge is 0.480 e. The molecular formula is C16H21NO3. The van der Waals surface area contributed by atoms with Crippen LogP contribution in [0.1, 0.15) is 30.9 Å². The number of β-amino-alcohol motifs (C(OH)–C–C–N with tert-alkyl or cyclic N) is 1. The van der Waals surface area contributed by atoms with Crippen molar-refractivity contribution >= 4 is 5.97 Å². The van der Waals surface area contributed by atoms with Gasteiger partial charge < -0.3 is 10.2 Å². The van der Waals surface area contributed by atoms with E-state index in [1.807, 2.05) is 35.2 Å². The number of likely N-dealkylation sites (tertiary alicyclic amines) is 1. The number of hydrogen-bond donors (Lipinski definition) is 2. The molecule has 1 saturated heterocycles. The summed E-state index contributed by atoms with van der Waals surface area (Å²) < 4.78 is 0. The van der Waals surface area contributed by atoms with Crippen LogP contribution >= 0.6 is 0 Å². The third-order valence-electron chi connectivity index (χ3n) is 4.83. The van der Waals surface area contributed by atoms with Gasteiger partial charge in [0.25, 0.3) is 0 Å². The maximum atomic E-state index is 11.5. The highest BCUT2D eigenvalue weighted by atomic mass is 16.4. The predicted octanol–water partition coefficient (Wildman–Crippen LogP) is 1.91. The number of aliphatic hydroxyl groups excluding tert-OH is 1. The van der Waals surface area contributed by atoms with Gasteiger partial charge >= 0.3 is 5.97 Å². The van der Waals surface area contributed by atoms with E-state index in [1.165, 1.54) is 0 Å². The molecule has 3 rings (SSSR count). The van der Waals surface area contributed by atoms with Gasteiger partial charge in [0.2, 0.25) is 0 Å². The summed E-state index contributed by atoms with van der Waals surface area (Å²) in [6.45, 7) is 1.22. The summed E-state index contributed by atoms with van der Waals surface area (Å²) in [5.41, 5.74) is 0.855. The smallest absolute Gasteiger partial charge is 0.321 e. The topological polar surface area (TPSA) is 60.8 Å². The van der Waals surface area contributed by atoms with Crippen molar-refractivity contribution in [3.8, 4) is 0 Å². The molecule has 1 aliphatic carbocycles. The van der Waals surface area contributed by atoms with Crippen LogP contribution < -0.4 is 0 Å². The second-order valence-corrected chi connectivity index (χ2v) is 6.02. The molecule has 4 atom stereocenters. The van der Waals surface area contributed by atoms with Crippen LogP contribution in [-0.2, 0) is 4.79 Å². The lowest BCUT2D eigenvalue weighted by Gasteiger charge is -2.26. The third kappa shape index (κ3) is 2.45. The number of hydrogen-bond acceptors (Lipinski definition) is 3. The molecule has 0 amide bonds. The number of rotatable bonds is 4. The molecular weight excluding hydrogens is 254 g/mol. The average Bonchev–Trinajstić information content (AvgIpc) is 2.99. The number of carboxylic acid groups (broad SMARTS) is 1. The lowest BCUT2D eigenvalue weighted by atomic mass is 9.94. The zero-order chi connectivity index (χ0) is 14.1. The Bertz CT molecular complexity index is 476. The molecule has 1 aliphatic heterocycles. The first-order valence-electron chi connectivity index (χ1n) is 7.36. The molecule has 2 fully saturated rings. The lowest BCUT2D eigenvalue weighted by molar-refractivity contribution is -0.144. The molecule has 0 radical (unpaired) electrons. The first-order chi connectivity index (χ1) is 9.66. The van der Waals surface area contributed by atoms with Crippen LogP contribution in [0, 0.1) is 11.8 Å². The number of nitrogens with zero attached hydrogens (tertiary/aromatic N) is 1.